The first-order valence-electron chi connectivity index (χ1n) is 5.87. The Morgan fingerprint density at radius 1 is 1.67 bits per heavy atom. The molecule has 0 saturated heterocycles. The number of nitrogens with zero attached hydrogens (tertiary/aromatic N) is 2. The molecule has 1 heterocycles. The lowest BCUT2D eigenvalue weighted by Crippen LogP contribution is -2.48. The summed E-state index contributed by atoms with van der Waals surface area (Å²) in [6.07, 6.45) is 5.90. The molecule has 98 valence electrons. The first kappa shape index (κ1) is 13.1. The maximum Gasteiger partial charge on any atom is 0.287 e. The third-order valence-corrected chi connectivity index (χ3v) is 3.67. The Bertz CT molecular complexity index is 503. The number of nitrogens with one attached hydrogen (secondary N) is 1. The number of anilines is 1. The van der Waals surface area contributed by atoms with E-state index in [1.807, 2.05) is 0 Å². The van der Waals surface area contributed by atoms with E-state index in [-0.39, 0.29) is 22.7 Å². The van der Waals surface area contributed by atoms with E-state index in [9.17, 15) is 9.90 Å². The Hall–Kier alpha value is -1.33. The Labute approximate surface area is 110 Å². The van der Waals surface area contributed by atoms with E-state index < -0.39 is 0 Å². The summed E-state index contributed by atoms with van der Waals surface area (Å²) in [4.78, 5) is 11.9. The lowest BCUT2D eigenvalue weighted by atomic mass is 9.77. The van der Waals surface area contributed by atoms with Gasteiger partial charge in [0, 0.05) is 0 Å². The topological polar surface area (TPSA) is 67.2 Å². The van der Waals surface area contributed by atoms with Gasteiger partial charge in [0.1, 0.15) is 5.02 Å². The van der Waals surface area contributed by atoms with Gasteiger partial charge in [-0.15, -0.1) is 6.58 Å². The van der Waals surface area contributed by atoms with Crippen molar-refractivity contribution >= 4 is 17.3 Å². The molecular weight excluding hydrogens is 254 g/mol. The second-order valence-corrected chi connectivity index (χ2v) is 4.94. The molecule has 2 rings (SSSR count). The fourth-order valence-corrected chi connectivity index (χ4v) is 2.21. The van der Waals surface area contributed by atoms with Crippen molar-refractivity contribution in [1.82, 2.24) is 9.78 Å². The van der Waals surface area contributed by atoms with Crippen molar-refractivity contribution in [3.8, 4) is 0 Å². The molecular formula is C12H16ClN3O2. The summed E-state index contributed by atoms with van der Waals surface area (Å²) >= 11 is 6.03. The molecule has 0 spiro atoms. The van der Waals surface area contributed by atoms with Crippen LogP contribution in [0.15, 0.2) is 23.6 Å². The van der Waals surface area contributed by atoms with Gasteiger partial charge in [-0.05, 0) is 19.3 Å². The van der Waals surface area contributed by atoms with Crippen molar-refractivity contribution in [2.75, 3.05) is 11.9 Å². The molecule has 0 unspecified atom stereocenters. The van der Waals surface area contributed by atoms with Gasteiger partial charge in [0.15, 0.2) is 0 Å². The number of aliphatic hydroxyl groups excluding tert-OH is 1. The minimum atomic E-state index is -0.353. The van der Waals surface area contributed by atoms with Crippen LogP contribution in [0.5, 0.6) is 0 Å². The van der Waals surface area contributed by atoms with Crippen LogP contribution in [0.25, 0.3) is 0 Å². The van der Waals surface area contributed by atoms with Crippen LogP contribution in [0.1, 0.15) is 19.3 Å². The van der Waals surface area contributed by atoms with Crippen molar-refractivity contribution in [2.24, 2.45) is 0 Å². The van der Waals surface area contributed by atoms with Crippen molar-refractivity contribution < 1.29 is 5.11 Å². The largest absolute Gasteiger partial charge is 0.394 e. The molecule has 1 aromatic heterocycles. The molecule has 18 heavy (non-hydrogen) atoms. The SMILES string of the molecule is C=CCn1ncc(NC2(CO)CCC2)c(Cl)c1=O. The lowest BCUT2D eigenvalue weighted by Gasteiger charge is -2.41. The highest BCUT2D eigenvalue weighted by Crippen LogP contribution is 2.35. The molecule has 1 saturated carbocycles. The standard InChI is InChI=1S/C12H16ClN3O2/c1-2-6-16-11(18)10(13)9(7-14-16)15-12(8-17)4-3-5-12/h2,7,15,17H,1,3-6,8H2. The highest BCUT2D eigenvalue weighted by atomic mass is 35.5. The van der Waals surface area contributed by atoms with E-state index >= 15 is 0 Å². The van der Waals surface area contributed by atoms with E-state index in [1.54, 1.807) is 6.08 Å². The van der Waals surface area contributed by atoms with Gasteiger partial charge in [0.05, 0.1) is 30.6 Å². The number of hydrogen-bond donors (Lipinski definition) is 2. The average Bonchev–Trinajstić information content (AvgIpc) is 2.33. The Morgan fingerprint density at radius 3 is 2.89 bits per heavy atom. The molecule has 2 N–H and O–H groups in total. The third kappa shape index (κ3) is 2.28. The van der Waals surface area contributed by atoms with Crippen molar-refractivity contribution in [3.63, 3.8) is 0 Å². The van der Waals surface area contributed by atoms with Crippen LogP contribution in [0, 0.1) is 0 Å². The van der Waals surface area contributed by atoms with E-state index in [2.05, 4.69) is 17.0 Å². The zero-order valence-electron chi connectivity index (χ0n) is 10.0. The summed E-state index contributed by atoms with van der Waals surface area (Å²) in [6, 6.07) is 0. The smallest absolute Gasteiger partial charge is 0.287 e. The molecule has 1 aliphatic carbocycles. The summed E-state index contributed by atoms with van der Waals surface area (Å²) in [7, 11) is 0. The Morgan fingerprint density at radius 2 is 2.39 bits per heavy atom. The zero-order valence-corrected chi connectivity index (χ0v) is 10.8. The fraction of sp³-hybridized carbons (Fsp3) is 0.500. The highest BCUT2D eigenvalue weighted by Gasteiger charge is 2.36. The van der Waals surface area contributed by atoms with Gasteiger partial charge in [0.2, 0.25) is 0 Å². The lowest BCUT2D eigenvalue weighted by molar-refractivity contribution is 0.144. The molecule has 5 nitrogen and oxygen atoms in total. The quantitative estimate of drug-likeness (QED) is 0.793. The van der Waals surface area contributed by atoms with Gasteiger partial charge in [0.25, 0.3) is 5.56 Å². The van der Waals surface area contributed by atoms with Crippen LogP contribution in [-0.4, -0.2) is 27.0 Å². The van der Waals surface area contributed by atoms with Gasteiger partial charge in [-0.25, -0.2) is 4.68 Å². The Balaban J connectivity index is 2.27. The van der Waals surface area contributed by atoms with Gasteiger partial charge >= 0.3 is 0 Å². The molecule has 0 amide bonds. The number of halogens is 1. The monoisotopic (exact) mass is 269 g/mol. The van der Waals surface area contributed by atoms with Crippen molar-refractivity contribution in [1.29, 1.82) is 0 Å². The maximum absolute atomic E-state index is 11.9. The molecule has 0 atom stereocenters. The number of aromatic nitrogens is 2. The predicted molar refractivity (Wildman–Crippen MR) is 71.0 cm³/mol. The zero-order chi connectivity index (χ0) is 13.2. The van der Waals surface area contributed by atoms with Crippen molar-refractivity contribution in [2.45, 2.75) is 31.3 Å². The average molecular weight is 270 g/mol. The van der Waals surface area contributed by atoms with E-state index in [0.717, 1.165) is 19.3 Å². The summed E-state index contributed by atoms with van der Waals surface area (Å²) < 4.78 is 1.24. The molecule has 1 aromatic rings. The number of aliphatic hydroxyl groups is 1. The highest BCUT2D eigenvalue weighted by molar-refractivity contribution is 6.32. The molecule has 0 radical (unpaired) electrons. The minimum Gasteiger partial charge on any atom is -0.394 e. The summed E-state index contributed by atoms with van der Waals surface area (Å²) in [5, 5.41) is 16.6. The molecule has 0 aliphatic heterocycles. The van der Waals surface area contributed by atoms with Crippen LogP contribution in [-0.2, 0) is 6.54 Å². The summed E-state index contributed by atoms with van der Waals surface area (Å²) in [5.41, 5.74) is -0.216. The normalized spacial score (nSPS) is 17.0. The Kier molecular flexibility index (Phi) is 3.73. The van der Waals surface area contributed by atoms with Gasteiger partial charge in [-0.1, -0.05) is 17.7 Å². The van der Waals surface area contributed by atoms with E-state index in [1.165, 1.54) is 10.9 Å². The number of allylic oxidation sites excluding steroid dienone is 1. The van der Waals surface area contributed by atoms with Gasteiger partial charge in [-0.3, -0.25) is 4.79 Å². The summed E-state index contributed by atoms with van der Waals surface area (Å²) in [5.74, 6) is 0. The minimum absolute atomic E-state index is 0.0269. The van der Waals surface area contributed by atoms with Crippen LogP contribution in [0.3, 0.4) is 0 Å². The predicted octanol–water partition coefficient (Wildman–Crippen LogP) is 1.41. The van der Waals surface area contributed by atoms with Crippen molar-refractivity contribution in [3.05, 3.63) is 34.2 Å². The fourth-order valence-electron chi connectivity index (χ4n) is 2.02. The molecule has 0 aromatic carbocycles. The summed E-state index contributed by atoms with van der Waals surface area (Å²) in [6.45, 7) is 3.90. The van der Waals surface area contributed by atoms with Crippen LogP contribution < -0.4 is 10.9 Å². The molecule has 6 heteroatoms. The second-order valence-electron chi connectivity index (χ2n) is 4.57. The number of rotatable bonds is 5. The number of hydrogen-bond acceptors (Lipinski definition) is 4. The third-order valence-electron chi connectivity index (χ3n) is 3.30. The molecule has 1 aliphatic rings. The van der Waals surface area contributed by atoms with Gasteiger partial charge in [-0.2, -0.15) is 5.10 Å². The van der Waals surface area contributed by atoms with Crippen LogP contribution in [0.4, 0.5) is 5.69 Å². The van der Waals surface area contributed by atoms with E-state index in [0.29, 0.717) is 12.2 Å². The van der Waals surface area contributed by atoms with Crippen LogP contribution in [0.2, 0.25) is 5.02 Å². The van der Waals surface area contributed by atoms with E-state index in [4.69, 9.17) is 11.6 Å². The molecule has 0 bridgehead atoms. The van der Waals surface area contributed by atoms with Gasteiger partial charge < -0.3 is 10.4 Å². The first-order valence-corrected chi connectivity index (χ1v) is 6.25. The maximum atomic E-state index is 11.9. The molecule has 1 fully saturated rings. The first-order chi connectivity index (χ1) is 8.62. The van der Waals surface area contributed by atoms with Crippen LogP contribution >= 0.6 is 11.6 Å². The second kappa shape index (κ2) is 5.12.